The molecule has 0 radical (unpaired) electrons. The van der Waals surface area contributed by atoms with Gasteiger partial charge in [0.15, 0.2) is 16.8 Å². The van der Waals surface area contributed by atoms with E-state index in [0.717, 1.165) is 16.7 Å². The highest BCUT2D eigenvalue weighted by Gasteiger charge is 2.34. The lowest BCUT2D eigenvalue weighted by Gasteiger charge is -2.32. The molecule has 0 heterocycles. The largest absolute Gasteiger partial charge is 0.290 e. The number of carbonyl (C=O) groups is 1. The number of nitrogens with zero attached hydrogens (tertiary/aromatic N) is 1. The van der Waals surface area contributed by atoms with Gasteiger partial charge in [-0.25, -0.2) is 4.21 Å². The van der Waals surface area contributed by atoms with Crippen molar-refractivity contribution in [1.82, 2.24) is 0 Å². The van der Waals surface area contributed by atoms with Crippen LogP contribution in [-0.4, -0.2) is 15.7 Å². The molecule has 134 valence electrons. The predicted molar refractivity (Wildman–Crippen MR) is 105 cm³/mol. The summed E-state index contributed by atoms with van der Waals surface area (Å²) in [4.78, 5) is 12.9. The molecule has 1 atom stereocenters. The smallest absolute Gasteiger partial charge is 0.179 e. The summed E-state index contributed by atoms with van der Waals surface area (Å²) in [6, 6.07) is 7.53. The van der Waals surface area contributed by atoms with Crippen LogP contribution in [-0.2, 0) is 15.8 Å². The highest BCUT2D eigenvalue weighted by Crippen LogP contribution is 2.38. The molecule has 0 saturated carbocycles. The number of hydrogen-bond donors (Lipinski definition) is 0. The molecule has 25 heavy (non-hydrogen) atoms. The topological polar surface area (TPSA) is 46.5 Å². The first kappa shape index (κ1) is 19.5. The van der Waals surface area contributed by atoms with E-state index in [-0.39, 0.29) is 16.6 Å². The van der Waals surface area contributed by atoms with Crippen molar-refractivity contribution in [2.24, 2.45) is 15.2 Å². The van der Waals surface area contributed by atoms with Crippen molar-refractivity contribution < 1.29 is 9.00 Å². The van der Waals surface area contributed by atoms with Crippen LogP contribution in [0.1, 0.15) is 47.1 Å². The van der Waals surface area contributed by atoms with E-state index in [1.165, 1.54) is 0 Å². The Kier molecular flexibility index (Phi) is 5.33. The summed E-state index contributed by atoms with van der Waals surface area (Å²) >= 11 is 0. The Morgan fingerprint density at radius 3 is 1.68 bits per heavy atom. The number of hydrogen-bond acceptors (Lipinski definition) is 2. The molecule has 0 amide bonds. The van der Waals surface area contributed by atoms with Gasteiger partial charge in [0.2, 0.25) is 0 Å². The van der Waals surface area contributed by atoms with Gasteiger partial charge in [0.25, 0.3) is 0 Å². The zero-order chi connectivity index (χ0) is 19.0. The van der Waals surface area contributed by atoms with Gasteiger partial charge in [-0.05, 0) is 53.2 Å². The van der Waals surface area contributed by atoms with Crippen LogP contribution in [0.4, 0.5) is 0 Å². The summed E-state index contributed by atoms with van der Waals surface area (Å²) in [5.74, 6) is -0.0325. The van der Waals surface area contributed by atoms with Crippen LogP contribution >= 0.6 is 0 Å². The molecule has 1 aliphatic carbocycles. The molecule has 3 nitrogen and oxygen atoms in total. The van der Waals surface area contributed by atoms with Crippen molar-refractivity contribution in [2.75, 3.05) is 0 Å². The van der Waals surface area contributed by atoms with Gasteiger partial charge in [-0.1, -0.05) is 59.2 Å². The fourth-order valence-corrected chi connectivity index (χ4v) is 3.48. The van der Waals surface area contributed by atoms with Crippen LogP contribution in [0.2, 0.25) is 0 Å². The van der Waals surface area contributed by atoms with Crippen molar-refractivity contribution in [2.45, 2.75) is 53.4 Å². The van der Waals surface area contributed by atoms with Crippen molar-refractivity contribution in [1.29, 1.82) is 0 Å². The van der Waals surface area contributed by atoms with Gasteiger partial charge in [-0.3, -0.25) is 4.79 Å². The maximum Gasteiger partial charge on any atom is 0.179 e. The number of benzene rings is 1. The van der Waals surface area contributed by atoms with Crippen LogP contribution in [0.3, 0.4) is 0 Å². The number of allylic oxidation sites excluding steroid dienone is 4. The Morgan fingerprint density at radius 1 is 0.840 bits per heavy atom. The van der Waals surface area contributed by atoms with Gasteiger partial charge in [-0.15, -0.1) is 0 Å². The lowest BCUT2D eigenvalue weighted by atomic mass is 9.72. The molecule has 0 bridgehead atoms. The zero-order valence-electron chi connectivity index (χ0n) is 16.1. The van der Waals surface area contributed by atoms with Crippen molar-refractivity contribution >= 4 is 22.5 Å². The van der Waals surface area contributed by atoms with Crippen LogP contribution in [0.5, 0.6) is 0 Å². The second kappa shape index (κ2) is 6.83. The highest BCUT2D eigenvalue weighted by molar-refractivity contribution is 7.84. The highest BCUT2D eigenvalue weighted by atomic mass is 32.2. The van der Waals surface area contributed by atoms with E-state index in [2.05, 4.69) is 4.40 Å². The van der Waals surface area contributed by atoms with E-state index in [1.54, 1.807) is 12.2 Å². The first-order chi connectivity index (χ1) is 11.4. The Balaban J connectivity index is 2.59. The molecule has 0 fully saturated rings. The van der Waals surface area contributed by atoms with Crippen molar-refractivity contribution in [3.8, 4) is 0 Å². The van der Waals surface area contributed by atoms with Crippen LogP contribution < -0.4 is 0 Å². The third-order valence-electron chi connectivity index (χ3n) is 4.10. The lowest BCUT2D eigenvalue weighted by molar-refractivity contribution is -0.110. The minimum absolute atomic E-state index is 0.0325. The zero-order valence-corrected chi connectivity index (χ0v) is 17.0. The molecule has 1 aromatic carbocycles. The molecular weight excluding hydrogens is 330 g/mol. The maximum absolute atomic E-state index is 12.8. The van der Waals surface area contributed by atoms with Gasteiger partial charge in [0.1, 0.15) is 0 Å². The lowest BCUT2D eigenvalue weighted by Crippen LogP contribution is -2.30. The summed E-state index contributed by atoms with van der Waals surface area (Å²) in [6.45, 7) is 14.3. The molecule has 1 aliphatic rings. The standard InChI is InChI=1S/C21H27NO2S/c1-14-8-10-16(11-9-14)25(24)22-19-17(20(2,3)4)12-15(23)13-18(19)21(5,6)7/h8-13H,1-7H3. The first-order valence-electron chi connectivity index (χ1n) is 8.46. The normalized spacial score (nSPS) is 17.1. The molecule has 0 spiro atoms. The average Bonchev–Trinajstić information content (AvgIpc) is 2.47. The van der Waals surface area contributed by atoms with Crippen molar-refractivity contribution in [3.05, 3.63) is 53.1 Å². The van der Waals surface area contributed by atoms with E-state index in [1.807, 2.05) is 72.7 Å². The summed E-state index contributed by atoms with van der Waals surface area (Å²) in [5.41, 5.74) is 2.93. The molecular formula is C21H27NO2S. The first-order valence-corrected chi connectivity index (χ1v) is 9.56. The Hall–Kier alpha value is -1.81. The minimum atomic E-state index is -1.52. The third-order valence-corrected chi connectivity index (χ3v) is 5.12. The molecule has 0 saturated heterocycles. The second-order valence-corrected chi connectivity index (χ2v) is 9.67. The number of aryl methyl sites for hydroxylation is 1. The van der Waals surface area contributed by atoms with E-state index in [4.69, 9.17) is 0 Å². The summed E-state index contributed by atoms with van der Waals surface area (Å²) in [6.07, 6.45) is 3.25. The van der Waals surface area contributed by atoms with Crippen LogP contribution in [0, 0.1) is 17.8 Å². The summed E-state index contributed by atoms with van der Waals surface area (Å²) < 4.78 is 17.4. The van der Waals surface area contributed by atoms with Gasteiger partial charge < -0.3 is 0 Å². The van der Waals surface area contributed by atoms with Gasteiger partial charge in [-0.2, -0.15) is 4.40 Å². The second-order valence-electron chi connectivity index (χ2n) is 8.52. The monoisotopic (exact) mass is 357 g/mol. The third kappa shape index (κ3) is 4.63. The maximum atomic E-state index is 12.8. The number of carbonyl (C=O) groups excluding carboxylic acids is 1. The van der Waals surface area contributed by atoms with E-state index in [0.29, 0.717) is 10.6 Å². The number of rotatable bonds is 2. The van der Waals surface area contributed by atoms with Gasteiger partial charge >= 0.3 is 0 Å². The fraction of sp³-hybridized carbons (Fsp3) is 0.429. The Bertz CT molecular complexity index is 762. The van der Waals surface area contributed by atoms with E-state index in [9.17, 15) is 9.00 Å². The van der Waals surface area contributed by atoms with Crippen LogP contribution in [0.15, 0.2) is 56.9 Å². The summed E-state index contributed by atoms with van der Waals surface area (Å²) in [7, 11) is -1.52. The molecule has 1 aromatic rings. The quantitative estimate of drug-likeness (QED) is 0.700. The molecule has 0 N–H and O–H groups in total. The number of ketones is 1. The molecule has 1 unspecified atom stereocenters. The molecule has 2 rings (SSSR count). The SMILES string of the molecule is Cc1ccc(S(=O)N=C2C(C(C)(C)C)=CC(=O)C=C2C(C)(C)C)cc1. The Morgan fingerprint density at radius 2 is 1.28 bits per heavy atom. The van der Waals surface area contributed by atoms with Gasteiger partial charge in [0, 0.05) is 0 Å². The minimum Gasteiger partial charge on any atom is -0.290 e. The Labute approximate surface area is 153 Å². The van der Waals surface area contributed by atoms with Crippen molar-refractivity contribution in [3.63, 3.8) is 0 Å². The molecule has 4 heteroatoms. The predicted octanol–water partition coefficient (Wildman–Crippen LogP) is 4.99. The van der Waals surface area contributed by atoms with E-state index < -0.39 is 11.0 Å². The van der Waals surface area contributed by atoms with Gasteiger partial charge in [0.05, 0.1) is 10.6 Å². The van der Waals surface area contributed by atoms with Crippen LogP contribution in [0.25, 0.3) is 0 Å². The average molecular weight is 358 g/mol. The van der Waals surface area contributed by atoms with E-state index >= 15 is 0 Å². The molecule has 0 aromatic heterocycles. The fourth-order valence-electron chi connectivity index (χ4n) is 2.64. The molecule has 0 aliphatic heterocycles. The summed E-state index contributed by atoms with van der Waals surface area (Å²) in [5, 5.41) is 0.